The second kappa shape index (κ2) is 11.3. The highest BCUT2D eigenvalue weighted by Gasteiger charge is 2.23. The lowest BCUT2D eigenvalue weighted by molar-refractivity contribution is -0.127. The number of nitrogens with one attached hydrogen (secondary N) is 2. The zero-order valence-corrected chi connectivity index (χ0v) is 20.5. The van der Waals surface area contributed by atoms with E-state index in [4.69, 9.17) is 0 Å². The van der Waals surface area contributed by atoms with Crippen LogP contribution in [0.15, 0.2) is 35.3 Å². The predicted octanol–water partition coefficient (Wildman–Crippen LogP) is 2.16. The first-order valence-corrected chi connectivity index (χ1v) is 10.1. The molecule has 8 nitrogen and oxygen atoms in total. The summed E-state index contributed by atoms with van der Waals surface area (Å²) in [5.41, 5.74) is 1.12. The monoisotopic (exact) mass is 525 g/mol. The first-order chi connectivity index (χ1) is 13.9. The molecule has 30 heavy (non-hydrogen) atoms. The van der Waals surface area contributed by atoms with Gasteiger partial charge in [0.15, 0.2) is 11.8 Å². The number of rotatable bonds is 6. The summed E-state index contributed by atoms with van der Waals surface area (Å²) in [7, 11) is 3.50. The lowest BCUT2D eigenvalue weighted by atomic mass is 10.1. The van der Waals surface area contributed by atoms with E-state index in [0.717, 1.165) is 36.6 Å². The molecule has 2 aromatic rings. The minimum Gasteiger partial charge on any atom is -0.352 e. The van der Waals surface area contributed by atoms with E-state index >= 15 is 0 Å². The molecule has 0 aliphatic carbocycles. The van der Waals surface area contributed by atoms with Gasteiger partial charge in [0, 0.05) is 32.5 Å². The predicted molar refractivity (Wildman–Crippen MR) is 129 cm³/mol. The Kier molecular flexibility index (Phi) is 9.07. The SMILES string of the molecule is CC(C)c1nc2n(n1)CC(NC(=NCc1ccccc1)NCC(=O)N(C)C)CC2.I. The molecular weight excluding hydrogens is 493 g/mol. The molecular formula is C21H32IN7O. The fourth-order valence-electron chi connectivity index (χ4n) is 3.11. The Hall–Kier alpha value is -2.17. The largest absolute Gasteiger partial charge is 0.352 e. The van der Waals surface area contributed by atoms with Gasteiger partial charge >= 0.3 is 0 Å². The van der Waals surface area contributed by atoms with Crippen molar-refractivity contribution in [3.63, 3.8) is 0 Å². The standard InChI is InChI=1S/C21H31N7O.HI/c1-15(2)20-25-18-11-10-17(14-28(18)26-20)24-21(23-13-19(29)27(3)4)22-12-16-8-6-5-7-9-16;/h5-9,15,17H,10-14H2,1-4H3,(H2,22,23,24);1H. The van der Waals surface area contributed by atoms with Crippen molar-refractivity contribution in [2.75, 3.05) is 20.6 Å². The Bertz CT molecular complexity index is 848. The van der Waals surface area contributed by atoms with E-state index in [1.54, 1.807) is 19.0 Å². The van der Waals surface area contributed by atoms with Crippen molar-refractivity contribution in [3.8, 4) is 0 Å². The highest BCUT2D eigenvalue weighted by Crippen LogP contribution is 2.17. The highest BCUT2D eigenvalue weighted by molar-refractivity contribution is 14.0. The van der Waals surface area contributed by atoms with E-state index in [-0.39, 0.29) is 42.5 Å². The average Bonchev–Trinajstić information content (AvgIpc) is 3.14. The molecule has 0 bridgehead atoms. The molecule has 1 amide bonds. The minimum absolute atomic E-state index is 0. The number of hydrogen-bond acceptors (Lipinski definition) is 4. The second-order valence-electron chi connectivity index (χ2n) is 7.90. The summed E-state index contributed by atoms with van der Waals surface area (Å²) in [6.07, 6.45) is 1.82. The minimum atomic E-state index is 0. The van der Waals surface area contributed by atoms with Gasteiger partial charge in [0.1, 0.15) is 5.82 Å². The zero-order chi connectivity index (χ0) is 20.8. The van der Waals surface area contributed by atoms with E-state index in [9.17, 15) is 4.79 Å². The van der Waals surface area contributed by atoms with Gasteiger partial charge in [-0.1, -0.05) is 44.2 Å². The Balaban J connectivity index is 0.00000320. The van der Waals surface area contributed by atoms with E-state index in [2.05, 4.69) is 39.6 Å². The first kappa shape index (κ1) is 24.1. The maximum atomic E-state index is 12.0. The van der Waals surface area contributed by atoms with Crippen LogP contribution in [0, 0.1) is 0 Å². The Morgan fingerprint density at radius 1 is 1.30 bits per heavy atom. The van der Waals surface area contributed by atoms with Crippen molar-refractivity contribution in [3.05, 3.63) is 47.5 Å². The van der Waals surface area contributed by atoms with Crippen molar-refractivity contribution >= 4 is 35.8 Å². The molecule has 0 radical (unpaired) electrons. The van der Waals surface area contributed by atoms with Gasteiger partial charge in [0.25, 0.3) is 0 Å². The summed E-state index contributed by atoms with van der Waals surface area (Å²) in [5.74, 6) is 2.91. The molecule has 0 spiro atoms. The lowest BCUT2D eigenvalue weighted by Gasteiger charge is -2.25. The van der Waals surface area contributed by atoms with Crippen LogP contribution >= 0.6 is 24.0 Å². The van der Waals surface area contributed by atoms with E-state index in [1.807, 2.05) is 35.0 Å². The normalized spacial score (nSPS) is 15.9. The fraction of sp³-hybridized carbons (Fsp3) is 0.524. The number of likely N-dealkylation sites (N-methyl/N-ethyl adjacent to an activating group) is 1. The third kappa shape index (κ3) is 6.68. The van der Waals surface area contributed by atoms with Crippen LogP contribution in [-0.4, -0.2) is 58.2 Å². The van der Waals surface area contributed by atoms with Crippen LogP contribution in [0.3, 0.4) is 0 Å². The van der Waals surface area contributed by atoms with Crippen molar-refractivity contribution in [1.29, 1.82) is 0 Å². The van der Waals surface area contributed by atoms with Crippen LogP contribution in [0.25, 0.3) is 0 Å². The summed E-state index contributed by atoms with van der Waals surface area (Å²) in [6.45, 7) is 5.70. The average molecular weight is 525 g/mol. The number of carbonyl (C=O) groups is 1. The quantitative estimate of drug-likeness (QED) is 0.343. The summed E-state index contributed by atoms with van der Waals surface area (Å²) in [6, 6.07) is 10.3. The third-order valence-electron chi connectivity index (χ3n) is 4.90. The van der Waals surface area contributed by atoms with Crippen LogP contribution < -0.4 is 10.6 Å². The van der Waals surface area contributed by atoms with E-state index in [0.29, 0.717) is 18.4 Å². The van der Waals surface area contributed by atoms with E-state index < -0.39 is 0 Å². The van der Waals surface area contributed by atoms with Crippen molar-refractivity contribution in [1.82, 2.24) is 30.3 Å². The van der Waals surface area contributed by atoms with E-state index in [1.165, 1.54) is 0 Å². The van der Waals surface area contributed by atoms with Crippen LogP contribution in [0.2, 0.25) is 0 Å². The molecule has 1 aliphatic rings. The maximum absolute atomic E-state index is 12.0. The number of guanidine groups is 1. The number of carbonyl (C=O) groups excluding carboxylic acids is 1. The summed E-state index contributed by atoms with van der Waals surface area (Å²) in [4.78, 5) is 22.9. The number of aromatic nitrogens is 3. The number of benzene rings is 1. The van der Waals surface area contributed by atoms with Gasteiger partial charge in [0.05, 0.1) is 19.6 Å². The number of halogens is 1. The molecule has 9 heteroatoms. The van der Waals surface area contributed by atoms with Crippen LogP contribution in [-0.2, 0) is 24.3 Å². The molecule has 1 aliphatic heterocycles. The van der Waals surface area contributed by atoms with Gasteiger partial charge in [-0.25, -0.2) is 14.7 Å². The molecule has 1 aromatic heterocycles. The number of aliphatic imine (C=N–C) groups is 1. The van der Waals surface area contributed by atoms with Crippen LogP contribution in [0.1, 0.15) is 43.4 Å². The first-order valence-electron chi connectivity index (χ1n) is 10.1. The zero-order valence-electron chi connectivity index (χ0n) is 18.1. The number of nitrogens with zero attached hydrogens (tertiary/aromatic N) is 5. The van der Waals surface area contributed by atoms with Gasteiger partial charge in [-0.2, -0.15) is 5.10 Å². The number of hydrogen-bond donors (Lipinski definition) is 2. The number of fused-ring (bicyclic) bond motifs is 1. The van der Waals surface area contributed by atoms with Crippen molar-refractivity contribution in [2.24, 2.45) is 4.99 Å². The topological polar surface area (TPSA) is 87.4 Å². The summed E-state index contributed by atoms with van der Waals surface area (Å²) < 4.78 is 2.00. The van der Waals surface area contributed by atoms with Crippen LogP contribution in [0.4, 0.5) is 0 Å². The molecule has 2 heterocycles. The second-order valence-corrected chi connectivity index (χ2v) is 7.90. The maximum Gasteiger partial charge on any atom is 0.241 e. The molecule has 3 rings (SSSR count). The molecule has 2 N–H and O–H groups in total. The van der Waals surface area contributed by atoms with Gasteiger partial charge in [-0.3, -0.25) is 4.79 Å². The molecule has 0 fully saturated rings. The Labute approximate surface area is 195 Å². The van der Waals surface area contributed by atoms with Gasteiger partial charge in [0.2, 0.25) is 5.91 Å². The Morgan fingerprint density at radius 2 is 2.03 bits per heavy atom. The number of aryl methyl sites for hydroxylation is 1. The fourth-order valence-corrected chi connectivity index (χ4v) is 3.11. The third-order valence-corrected chi connectivity index (χ3v) is 4.90. The van der Waals surface area contributed by atoms with Crippen LogP contribution in [0.5, 0.6) is 0 Å². The summed E-state index contributed by atoms with van der Waals surface area (Å²) >= 11 is 0. The Morgan fingerprint density at radius 3 is 2.70 bits per heavy atom. The smallest absolute Gasteiger partial charge is 0.241 e. The summed E-state index contributed by atoms with van der Waals surface area (Å²) in [5, 5.41) is 11.3. The highest BCUT2D eigenvalue weighted by atomic mass is 127. The molecule has 1 atom stereocenters. The van der Waals surface area contributed by atoms with Gasteiger partial charge < -0.3 is 15.5 Å². The molecule has 0 saturated heterocycles. The molecule has 1 unspecified atom stereocenters. The van der Waals surface area contributed by atoms with Gasteiger partial charge in [-0.05, 0) is 12.0 Å². The van der Waals surface area contributed by atoms with Gasteiger partial charge in [-0.15, -0.1) is 24.0 Å². The van der Waals surface area contributed by atoms with Crippen molar-refractivity contribution in [2.45, 2.75) is 51.7 Å². The number of amides is 1. The van der Waals surface area contributed by atoms with Crippen molar-refractivity contribution < 1.29 is 4.79 Å². The molecule has 0 saturated carbocycles. The lowest BCUT2D eigenvalue weighted by Crippen LogP contribution is -2.49. The molecule has 1 aromatic carbocycles. The molecule has 164 valence electrons.